The molecule has 3 rings (SSSR count). The molecule has 0 aliphatic carbocycles. The van der Waals surface area contributed by atoms with Crippen molar-refractivity contribution in [2.45, 2.75) is 0 Å². The van der Waals surface area contributed by atoms with Crippen molar-refractivity contribution in [1.29, 1.82) is 0 Å². The molecule has 0 saturated heterocycles. The molecule has 0 fully saturated rings. The van der Waals surface area contributed by atoms with E-state index in [1.807, 2.05) is 54.5 Å². The Labute approximate surface area is 158 Å². The van der Waals surface area contributed by atoms with Crippen LogP contribution in [0.2, 0.25) is 0 Å². The van der Waals surface area contributed by atoms with Crippen LogP contribution in [0.5, 0.6) is 5.75 Å². The highest BCUT2D eigenvalue weighted by atomic mass is 32.3. The number of benzene rings is 1. The maximum absolute atomic E-state index is 9.22. The Morgan fingerprint density at radius 1 is 0.889 bits per heavy atom. The van der Waals surface area contributed by atoms with Crippen LogP contribution in [-0.2, 0) is 21.6 Å². The number of rotatable bonds is 4. The molecular weight excluding hydrogens is 368 g/mol. The molecule has 0 atom stereocenters. The Morgan fingerprint density at radius 3 is 1.89 bits per heavy atom. The second-order valence-corrected chi connectivity index (χ2v) is 6.64. The van der Waals surface area contributed by atoms with E-state index >= 15 is 0 Å². The quantitative estimate of drug-likeness (QED) is 0.387. The lowest BCUT2D eigenvalue weighted by molar-refractivity contribution is -0.671. The summed E-state index contributed by atoms with van der Waals surface area (Å²) in [7, 11) is 0.0716. The van der Waals surface area contributed by atoms with Gasteiger partial charge in [0.05, 0.1) is 19.9 Å². The van der Waals surface area contributed by atoms with Gasteiger partial charge in [0, 0.05) is 29.5 Å². The number of ether oxygens (including phenoxy) is 1. The first-order chi connectivity index (χ1) is 12.8. The van der Waals surface area contributed by atoms with Gasteiger partial charge in [-0.05, 0) is 23.8 Å². The number of nitrogens with zero attached hydrogens (tertiary/aromatic N) is 2. The Morgan fingerprint density at radius 2 is 1.44 bits per heavy atom. The van der Waals surface area contributed by atoms with E-state index in [2.05, 4.69) is 33.4 Å². The summed E-state index contributed by atoms with van der Waals surface area (Å²) in [6, 6.07) is 16.3. The maximum Gasteiger partial charge on any atom is 0.217 e. The topological polar surface area (TPSA) is 92.4 Å². The lowest BCUT2D eigenvalue weighted by Crippen LogP contribution is -2.25. The van der Waals surface area contributed by atoms with Crippen LogP contribution in [0.4, 0.5) is 0 Å². The molecule has 0 N–H and O–H groups in total. The Kier molecular flexibility index (Phi) is 7.00. The Bertz CT molecular complexity index is 954. The first-order valence-corrected chi connectivity index (χ1v) is 9.23. The van der Waals surface area contributed by atoms with Crippen molar-refractivity contribution in [2.75, 3.05) is 14.2 Å². The van der Waals surface area contributed by atoms with Crippen molar-refractivity contribution >= 4 is 10.4 Å². The van der Waals surface area contributed by atoms with Crippen molar-refractivity contribution in [2.24, 2.45) is 7.05 Å². The molecule has 2 heterocycles. The monoisotopic (exact) mass is 388 g/mol. The summed E-state index contributed by atoms with van der Waals surface area (Å²) in [5.74, 6) is 0.862. The molecule has 2 aromatic heterocycles. The van der Waals surface area contributed by atoms with Gasteiger partial charge in [-0.2, -0.15) is 0 Å². The third-order valence-corrected chi connectivity index (χ3v) is 4.07. The van der Waals surface area contributed by atoms with Gasteiger partial charge < -0.3 is 9.29 Å². The summed E-state index contributed by atoms with van der Waals surface area (Å²) in [4.78, 5) is 4.56. The van der Waals surface area contributed by atoms with E-state index in [1.165, 1.54) is 0 Å². The van der Waals surface area contributed by atoms with Crippen LogP contribution in [0.15, 0.2) is 67.1 Å². The number of methoxy groups -OCH3 is 1. The summed E-state index contributed by atoms with van der Waals surface area (Å²) >= 11 is 0. The van der Waals surface area contributed by atoms with Gasteiger partial charge in [0.2, 0.25) is 10.4 Å². The molecule has 0 aliphatic heterocycles. The highest BCUT2D eigenvalue weighted by Gasteiger charge is 2.03. The van der Waals surface area contributed by atoms with Crippen LogP contribution >= 0.6 is 0 Å². The highest BCUT2D eigenvalue weighted by molar-refractivity contribution is 7.80. The second kappa shape index (κ2) is 9.22. The molecule has 0 aliphatic rings. The molecule has 1 aromatic carbocycles. The molecule has 142 valence electrons. The molecule has 0 spiro atoms. The van der Waals surface area contributed by atoms with Gasteiger partial charge in [0.1, 0.15) is 12.8 Å². The zero-order chi connectivity index (χ0) is 19.9. The third kappa shape index (κ3) is 6.45. The van der Waals surface area contributed by atoms with E-state index in [9.17, 15) is 13.0 Å². The molecule has 8 heteroatoms. The molecule has 0 saturated carbocycles. The van der Waals surface area contributed by atoms with Crippen LogP contribution in [0.1, 0.15) is 0 Å². The summed E-state index contributed by atoms with van der Waals surface area (Å²) in [6.45, 7) is 0. The minimum Gasteiger partial charge on any atom is -0.726 e. The third-order valence-electron chi connectivity index (χ3n) is 3.67. The van der Waals surface area contributed by atoms with Crippen molar-refractivity contribution in [3.8, 4) is 28.1 Å². The fourth-order valence-corrected chi connectivity index (χ4v) is 2.19. The van der Waals surface area contributed by atoms with Crippen molar-refractivity contribution in [1.82, 2.24) is 4.98 Å². The zero-order valence-corrected chi connectivity index (χ0v) is 16.0. The van der Waals surface area contributed by atoms with Crippen molar-refractivity contribution in [3.63, 3.8) is 0 Å². The van der Waals surface area contributed by atoms with Gasteiger partial charge in [-0.3, -0.25) is 9.17 Å². The SMILES string of the molecule is COS(=O)(=O)[O-].COc1ccc(-c2ccc(-c3cc[n+](C)cc3)nc2)cc1. The summed E-state index contributed by atoms with van der Waals surface area (Å²) < 4.78 is 38.2. The van der Waals surface area contributed by atoms with E-state index in [-0.39, 0.29) is 0 Å². The van der Waals surface area contributed by atoms with Gasteiger partial charge in [-0.15, -0.1) is 0 Å². The maximum atomic E-state index is 9.22. The van der Waals surface area contributed by atoms with Crippen LogP contribution < -0.4 is 9.30 Å². The highest BCUT2D eigenvalue weighted by Crippen LogP contribution is 2.23. The number of aromatic nitrogens is 2. The lowest BCUT2D eigenvalue weighted by atomic mass is 10.1. The molecule has 27 heavy (non-hydrogen) atoms. The first kappa shape index (κ1) is 20.5. The van der Waals surface area contributed by atoms with Gasteiger partial charge >= 0.3 is 0 Å². The van der Waals surface area contributed by atoms with E-state index in [0.717, 1.165) is 35.2 Å². The fraction of sp³-hybridized carbons (Fsp3) is 0.158. The number of hydrogen-bond acceptors (Lipinski definition) is 6. The Hall–Kier alpha value is -2.81. The summed E-state index contributed by atoms with van der Waals surface area (Å²) in [5, 5.41) is 0. The minimum atomic E-state index is -4.41. The van der Waals surface area contributed by atoms with E-state index in [0.29, 0.717) is 0 Å². The number of pyridine rings is 2. The molecule has 0 amide bonds. The summed E-state index contributed by atoms with van der Waals surface area (Å²) in [5.41, 5.74) is 4.33. The van der Waals surface area contributed by atoms with Gasteiger partial charge in [-0.1, -0.05) is 18.2 Å². The molecule has 0 bridgehead atoms. The van der Waals surface area contributed by atoms with Crippen LogP contribution in [0, 0.1) is 0 Å². The molecule has 3 aromatic rings. The van der Waals surface area contributed by atoms with Crippen molar-refractivity contribution < 1.29 is 26.5 Å². The molecular formula is C19H20N2O5S. The predicted molar refractivity (Wildman–Crippen MR) is 99.5 cm³/mol. The van der Waals surface area contributed by atoms with E-state index in [4.69, 9.17) is 4.74 Å². The predicted octanol–water partition coefficient (Wildman–Crippen LogP) is 2.34. The fourth-order valence-electron chi connectivity index (χ4n) is 2.19. The number of aryl methyl sites for hydroxylation is 1. The number of hydrogen-bond donors (Lipinski definition) is 0. The molecule has 0 radical (unpaired) electrons. The second-order valence-electron chi connectivity index (χ2n) is 5.49. The first-order valence-electron chi connectivity index (χ1n) is 7.90. The molecule has 7 nitrogen and oxygen atoms in total. The average Bonchev–Trinajstić information content (AvgIpc) is 2.69. The van der Waals surface area contributed by atoms with Gasteiger partial charge in [-0.25, -0.2) is 13.0 Å². The minimum absolute atomic E-state index is 0.808. The zero-order valence-electron chi connectivity index (χ0n) is 15.2. The van der Waals surface area contributed by atoms with Crippen LogP contribution in [0.25, 0.3) is 22.4 Å². The standard InChI is InChI=1S/C18H17N2O.CH4O4S/c1-20-11-9-15(10-12-20)18-8-5-16(13-19-18)14-3-6-17(21-2)7-4-14;1-5-6(2,3)4/h3-13H,1-2H3;1H3,(H,2,3,4)/q+1;/p-1. The van der Waals surface area contributed by atoms with Gasteiger partial charge in [0.25, 0.3) is 0 Å². The van der Waals surface area contributed by atoms with Crippen LogP contribution in [0.3, 0.4) is 0 Å². The van der Waals surface area contributed by atoms with Crippen LogP contribution in [-0.4, -0.2) is 32.2 Å². The Balaban J connectivity index is 0.000000380. The summed E-state index contributed by atoms with van der Waals surface area (Å²) in [6.07, 6.45) is 5.95. The normalized spacial score (nSPS) is 10.7. The average molecular weight is 388 g/mol. The van der Waals surface area contributed by atoms with Crippen molar-refractivity contribution in [3.05, 3.63) is 67.1 Å². The molecule has 0 unspecified atom stereocenters. The van der Waals surface area contributed by atoms with Gasteiger partial charge in [0.15, 0.2) is 12.4 Å². The smallest absolute Gasteiger partial charge is 0.217 e. The largest absolute Gasteiger partial charge is 0.726 e. The van der Waals surface area contributed by atoms with E-state index in [1.54, 1.807) is 7.11 Å². The van der Waals surface area contributed by atoms with E-state index < -0.39 is 10.4 Å². The lowest BCUT2D eigenvalue weighted by Gasteiger charge is -2.05.